The number of carboxylic acid groups (broad SMARTS) is 1. The van der Waals surface area contributed by atoms with Crippen LogP contribution in [0.3, 0.4) is 0 Å². The van der Waals surface area contributed by atoms with Crippen LogP contribution in [-0.4, -0.2) is 73.9 Å². The predicted molar refractivity (Wildman–Crippen MR) is 137 cm³/mol. The number of carbonyl (C=O) groups is 2. The molecule has 2 aromatic rings. The Morgan fingerprint density at radius 2 is 1.71 bits per heavy atom. The summed E-state index contributed by atoms with van der Waals surface area (Å²) in [4.78, 5) is 26.9. The molecule has 1 atom stereocenters. The summed E-state index contributed by atoms with van der Waals surface area (Å²) in [6.45, 7) is 6.02. The summed E-state index contributed by atoms with van der Waals surface area (Å²) in [5.41, 5.74) is 0.388. The largest absolute Gasteiger partial charge is 0.492 e. The van der Waals surface area contributed by atoms with Crippen molar-refractivity contribution in [1.82, 2.24) is 15.5 Å². The predicted octanol–water partition coefficient (Wildman–Crippen LogP) is 3.13. The van der Waals surface area contributed by atoms with E-state index in [-0.39, 0.29) is 29.9 Å². The maximum absolute atomic E-state index is 13.5. The van der Waals surface area contributed by atoms with Crippen molar-refractivity contribution >= 4 is 24.3 Å². The number of hydrogen-bond donors (Lipinski definition) is 3. The minimum atomic E-state index is -0.968. The average Bonchev–Trinajstić information content (AvgIpc) is 2.86. The average molecular weight is 506 g/mol. The number of para-hydroxylation sites is 1. The van der Waals surface area contributed by atoms with Gasteiger partial charge < -0.3 is 24.8 Å². The zero-order valence-electron chi connectivity index (χ0n) is 20.4. The van der Waals surface area contributed by atoms with Gasteiger partial charge in [0.1, 0.15) is 17.9 Å². The quantitative estimate of drug-likeness (QED) is 0.381. The Morgan fingerprint density at radius 3 is 2.31 bits per heavy atom. The number of carboxylic acids is 1. The van der Waals surface area contributed by atoms with E-state index < -0.39 is 11.5 Å². The molecule has 35 heavy (non-hydrogen) atoms. The van der Waals surface area contributed by atoms with E-state index >= 15 is 0 Å². The zero-order chi connectivity index (χ0) is 24.4. The van der Waals surface area contributed by atoms with Crippen molar-refractivity contribution in [2.24, 2.45) is 0 Å². The summed E-state index contributed by atoms with van der Waals surface area (Å²) >= 11 is 0. The summed E-state index contributed by atoms with van der Waals surface area (Å²) in [5, 5.41) is 15.7. The Kier molecular flexibility index (Phi) is 11.5. The Morgan fingerprint density at radius 1 is 1.06 bits per heavy atom. The van der Waals surface area contributed by atoms with Crippen LogP contribution in [0.2, 0.25) is 0 Å². The monoisotopic (exact) mass is 505 g/mol. The molecule has 192 valence electrons. The van der Waals surface area contributed by atoms with Gasteiger partial charge in [-0.2, -0.15) is 0 Å². The second kappa shape index (κ2) is 14.0. The van der Waals surface area contributed by atoms with Gasteiger partial charge in [0.25, 0.3) is 0 Å². The van der Waals surface area contributed by atoms with Gasteiger partial charge in [-0.05, 0) is 49.6 Å². The number of nitrogens with one attached hydrogen (secondary N) is 2. The Bertz CT molecular complexity index is 918. The van der Waals surface area contributed by atoms with E-state index in [1.807, 2.05) is 37.3 Å². The molecule has 0 aliphatic carbocycles. The van der Waals surface area contributed by atoms with Crippen LogP contribution in [0.25, 0.3) is 0 Å². The molecule has 0 unspecified atom stereocenters. The lowest BCUT2D eigenvalue weighted by Crippen LogP contribution is -2.62. The first-order valence-electron chi connectivity index (χ1n) is 11.7. The van der Waals surface area contributed by atoms with Crippen molar-refractivity contribution in [2.75, 3.05) is 46.5 Å². The highest BCUT2D eigenvalue weighted by atomic mass is 35.5. The van der Waals surface area contributed by atoms with Crippen molar-refractivity contribution in [3.05, 3.63) is 65.7 Å². The molecule has 1 saturated heterocycles. The lowest BCUT2D eigenvalue weighted by atomic mass is 9.85. The highest BCUT2D eigenvalue weighted by Crippen LogP contribution is 2.25. The molecule has 0 aromatic heterocycles. The second-order valence-electron chi connectivity index (χ2n) is 8.63. The molecule has 1 amide bonds. The van der Waals surface area contributed by atoms with Crippen LogP contribution in [0.4, 0.5) is 0 Å². The van der Waals surface area contributed by atoms with Crippen LogP contribution in [0.5, 0.6) is 5.75 Å². The van der Waals surface area contributed by atoms with Crippen molar-refractivity contribution in [2.45, 2.75) is 31.3 Å². The van der Waals surface area contributed by atoms with Crippen molar-refractivity contribution in [3.8, 4) is 5.75 Å². The number of methoxy groups -OCH3 is 1. The first kappa shape index (κ1) is 28.6. The van der Waals surface area contributed by atoms with Gasteiger partial charge in [-0.15, -0.1) is 12.4 Å². The molecule has 0 bridgehead atoms. The summed E-state index contributed by atoms with van der Waals surface area (Å²) in [5.74, 6) is -0.214. The Hall–Kier alpha value is -2.65. The summed E-state index contributed by atoms with van der Waals surface area (Å²) in [6, 6.07) is 16.0. The first-order chi connectivity index (χ1) is 16.4. The highest BCUT2D eigenvalue weighted by Gasteiger charge is 2.41. The van der Waals surface area contributed by atoms with Gasteiger partial charge in [0, 0.05) is 33.3 Å². The van der Waals surface area contributed by atoms with Gasteiger partial charge in [0.2, 0.25) is 5.91 Å². The van der Waals surface area contributed by atoms with Crippen molar-refractivity contribution in [1.29, 1.82) is 0 Å². The highest BCUT2D eigenvalue weighted by molar-refractivity contribution is 5.88. The molecule has 1 aliphatic rings. The third-order valence-electron chi connectivity index (χ3n) is 6.34. The number of halogens is 1. The van der Waals surface area contributed by atoms with Gasteiger partial charge in [0.05, 0.1) is 18.2 Å². The number of piperidine rings is 1. The van der Waals surface area contributed by atoms with Crippen LogP contribution >= 0.6 is 12.4 Å². The van der Waals surface area contributed by atoms with E-state index in [1.54, 1.807) is 31.4 Å². The van der Waals surface area contributed by atoms with E-state index in [1.165, 1.54) is 0 Å². The molecule has 0 spiro atoms. The molecule has 2 aromatic carbocycles. The number of hydrogen-bond acceptors (Lipinski definition) is 6. The standard InChI is InChI=1S/C26H35N3O5.ClH/c1-20(21-8-10-22(11-9-21)24(30)31)28-25(32)26(12-15-29(16-13-26)17-19-33-2)27-14-18-34-23-6-4-3-5-7-23;/h3-11,20,27H,12-19H2,1-2H3,(H,28,32)(H,30,31);1H/t20-;/m0./s1. The molecule has 1 aliphatic heterocycles. The maximum Gasteiger partial charge on any atom is 0.335 e. The number of rotatable bonds is 12. The van der Waals surface area contributed by atoms with Crippen LogP contribution in [-0.2, 0) is 9.53 Å². The molecule has 1 heterocycles. The number of benzene rings is 2. The van der Waals surface area contributed by atoms with Crippen molar-refractivity contribution < 1.29 is 24.2 Å². The fourth-order valence-corrected chi connectivity index (χ4v) is 4.17. The molecule has 3 rings (SSSR count). The van der Waals surface area contributed by atoms with Crippen LogP contribution in [0, 0.1) is 0 Å². The normalized spacial score (nSPS) is 16.1. The lowest BCUT2D eigenvalue weighted by molar-refractivity contribution is -0.130. The van der Waals surface area contributed by atoms with Gasteiger partial charge in [0.15, 0.2) is 0 Å². The summed E-state index contributed by atoms with van der Waals surface area (Å²) in [7, 11) is 1.69. The molecule has 8 nitrogen and oxygen atoms in total. The SMILES string of the molecule is COCCN1CCC(NCCOc2ccccc2)(C(=O)N[C@@H](C)c2ccc(C(=O)O)cc2)CC1.Cl. The van der Waals surface area contributed by atoms with Gasteiger partial charge in [-0.1, -0.05) is 30.3 Å². The molecule has 0 saturated carbocycles. The number of ether oxygens (including phenoxy) is 2. The molecule has 1 fully saturated rings. The van der Waals surface area contributed by atoms with E-state index in [2.05, 4.69) is 15.5 Å². The lowest BCUT2D eigenvalue weighted by Gasteiger charge is -2.41. The van der Waals surface area contributed by atoms with E-state index in [0.717, 1.165) is 30.9 Å². The van der Waals surface area contributed by atoms with Gasteiger partial charge in [-0.25, -0.2) is 4.79 Å². The number of nitrogens with zero attached hydrogens (tertiary/aromatic N) is 1. The Balaban J connectivity index is 0.00000432. The number of amides is 1. The molecular weight excluding hydrogens is 470 g/mol. The van der Waals surface area contributed by atoms with Crippen LogP contribution in [0.15, 0.2) is 54.6 Å². The molecule has 9 heteroatoms. The number of aromatic carboxylic acids is 1. The fraction of sp³-hybridized carbons (Fsp3) is 0.462. The fourth-order valence-electron chi connectivity index (χ4n) is 4.17. The second-order valence-corrected chi connectivity index (χ2v) is 8.63. The molecule has 3 N–H and O–H groups in total. The first-order valence-corrected chi connectivity index (χ1v) is 11.7. The van der Waals surface area contributed by atoms with Gasteiger partial charge in [-0.3, -0.25) is 10.1 Å². The minimum Gasteiger partial charge on any atom is -0.492 e. The number of likely N-dealkylation sites (tertiary alicyclic amines) is 1. The Labute approximate surface area is 213 Å². The van der Waals surface area contributed by atoms with Gasteiger partial charge >= 0.3 is 5.97 Å². The molecular formula is C26H36ClN3O5. The third-order valence-corrected chi connectivity index (χ3v) is 6.34. The van der Waals surface area contributed by atoms with E-state index in [9.17, 15) is 9.59 Å². The smallest absolute Gasteiger partial charge is 0.335 e. The van der Waals surface area contributed by atoms with Crippen LogP contribution < -0.4 is 15.4 Å². The summed E-state index contributed by atoms with van der Waals surface area (Å²) < 4.78 is 11.0. The summed E-state index contributed by atoms with van der Waals surface area (Å²) in [6.07, 6.45) is 1.36. The number of carbonyl (C=O) groups excluding carboxylic acids is 1. The zero-order valence-corrected chi connectivity index (χ0v) is 21.2. The minimum absolute atomic E-state index is 0. The maximum atomic E-state index is 13.5. The third kappa shape index (κ3) is 8.21. The van der Waals surface area contributed by atoms with E-state index in [4.69, 9.17) is 14.6 Å². The van der Waals surface area contributed by atoms with Crippen molar-refractivity contribution in [3.63, 3.8) is 0 Å². The topological polar surface area (TPSA) is 100 Å². The van der Waals surface area contributed by atoms with Crippen LogP contribution in [0.1, 0.15) is 41.7 Å². The molecule has 0 radical (unpaired) electrons. The van der Waals surface area contributed by atoms with E-state index in [0.29, 0.717) is 32.6 Å².